The number of para-hydroxylation sites is 1. The van der Waals surface area contributed by atoms with Gasteiger partial charge in [0.2, 0.25) is 0 Å². The van der Waals surface area contributed by atoms with Crippen molar-refractivity contribution in [3.05, 3.63) is 99.0 Å². The zero-order valence-electron chi connectivity index (χ0n) is 16.3. The van der Waals surface area contributed by atoms with Crippen molar-refractivity contribution in [3.63, 3.8) is 0 Å². The van der Waals surface area contributed by atoms with E-state index in [0.717, 1.165) is 10.0 Å². The molecule has 0 aliphatic carbocycles. The van der Waals surface area contributed by atoms with Crippen molar-refractivity contribution in [1.82, 2.24) is 10.7 Å². The van der Waals surface area contributed by atoms with Crippen LogP contribution in [0.3, 0.4) is 0 Å². The highest BCUT2D eigenvalue weighted by atomic mass is 79.9. The number of hydrogen-bond acceptors (Lipinski definition) is 4. The summed E-state index contributed by atoms with van der Waals surface area (Å²) in [5.74, 6) is -0.186. The van der Waals surface area contributed by atoms with Gasteiger partial charge in [-0.15, -0.1) is 0 Å². The molecule has 31 heavy (non-hydrogen) atoms. The van der Waals surface area contributed by atoms with Crippen molar-refractivity contribution in [3.8, 4) is 5.75 Å². The molecule has 0 aromatic heterocycles. The Morgan fingerprint density at radius 2 is 1.71 bits per heavy atom. The highest BCUT2D eigenvalue weighted by molar-refractivity contribution is 9.10. The van der Waals surface area contributed by atoms with Gasteiger partial charge in [-0.3, -0.25) is 9.59 Å². The summed E-state index contributed by atoms with van der Waals surface area (Å²) in [5.41, 5.74) is 4.54. The Hall–Kier alpha value is -3.16. The number of benzene rings is 3. The Morgan fingerprint density at radius 1 is 1.00 bits per heavy atom. The molecule has 0 atom stereocenters. The third-order valence-electron chi connectivity index (χ3n) is 4.14. The maximum atomic E-state index is 12.0. The van der Waals surface area contributed by atoms with Crippen LogP contribution in [0.15, 0.2) is 82.4 Å². The maximum absolute atomic E-state index is 12.0. The third-order valence-corrected chi connectivity index (χ3v) is 4.92. The van der Waals surface area contributed by atoms with Gasteiger partial charge in [-0.2, -0.15) is 5.10 Å². The van der Waals surface area contributed by atoms with Gasteiger partial charge in [0.25, 0.3) is 11.8 Å². The molecule has 3 aromatic rings. The Balaban J connectivity index is 1.49. The highest BCUT2D eigenvalue weighted by Gasteiger charge is 2.07. The van der Waals surface area contributed by atoms with Crippen molar-refractivity contribution in [2.45, 2.75) is 6.61 Å². The quantitative estimate of drug-likeness (QED) is 0.351. The van der Waals surface area contributed by atoms with Gasteiger partial charge in [0.1, 0.15) is 12.4 Å². The average molecular weight is 501 g/mol. The summed E-state index contributed by atoms with van der Waals surface area (Å²) in [6.07, 6.45) is 1.50. The van der Waals surface area contributed by atoms with Gasteiger partial charge in [0.15, 0.2) is 0 Å². The van der Waals surface area contributed by atoms with E-state index in [1.807, 2.05) is 48.5 Å². The van der Waals surface area contributed by atoms with E-state index < -0.39 is 5.91 Å². The van der Waals surface area contributed by atoms with Crippen molar-refractivity contribution < 1.29 is 14.3 Å². The normalized spacial score (nSPS) is 10.6. The smallest absolute Gasteiger partial charge is 0.259 e. The van der Waals surface area contributed by atoms with Crippen LogP contribution in [-0.4, -0.2) is 24.6 Å². The molecule has 0 saturated carbocycles. The van der Waals surface area contributed by atoms with E-state index in [9.17, 15) is 9.59 Å². The lowest BCUT2D eigenvalue weighted by Crippen LogP contribution is -2.34. The van der Waals surface area contributed by atoms with Crippen molar-refractivity contribution in [2.24, 2.45) is 5.10 Å². The number of hydrogen-bond donors (Lipinski definition) is 2. The summed E-state index contributed by atoms with van der Waals surface area (Å²) >= 11 is 9.20. The van der Waals surface area contributed by atoms with Crippen LogP contribution in [0.1, 0.15) is 21.5 Å². The SMILES string of the molecule is O=C(CNC(=O)c1ccc(Cl)cc1)NN=Cc1ccccc1OCc1ccc(Br)cc1. The summed E-state index contributed by atoms with van der Waals surface area (Å²) in [7, 11) is 0. The third kappa shape index (κ3) is 7.24. The topological polar surface area (TPSA) is 79.8 Å². The minimum atomic E-state index is -0.452. The number of nitrogens with one attached hydrogen (secondary N) is 2. The Bertz CT molecular complexity index is 1070. The molecule has 3 aromatic carbocycles. The number of carbonyl (C=O) groups is 2. The van der Waals surface area contributed by atoms with E-state index in [-0.39, 0.29) is 12.5 Å². The van der Waals surface area contributed by atoms with Gasteiger partial charge in [-0.1, -0.05) is 51.8 Å². The summed E-state index contributed by atoms with van der Waals surface area (Å²) in [6, 6.07) is 21.6. The molecule has 0 saturated heterocycles. The first-order chi connectivity index (χ1) is 15.0. The molecule has 2 N–H and O–H groups in total. The molecule has 158 valence electrons. The molecule has 0 fully saturated rings. The minimum absolute atomic E-state index is 0.208. The van der Waals surface area contributed by atoms with Gasteiger partial charge in [0.05, 0.1) is 12.8 Å². The van der Waals surface area contributed by atoms with Gasteiger partial charge in [-0.25, -0.2) is 5.43 Å². The molecule has 3 rings (SSSR count). The van der Waals surface area contributed by atoms with Crippen LogP contribution >= 0.6 is 27.5 Å². The van der Waals surface area contributed by atoms with Crippen molar-refractivity contribution in [2.75, 3.05) is 6.54 Å². The van der Waals surface area contributed by atoms with Crippen LogP contribution in [0.25, 0.3) is 0 Å². The van der Waals surface area contributed by atoms with Crippen LogP contribution in [0.2, 0.25) is 5.02 Å². The molecule has 0 heterocycles. The van der Waals surface area contributed by atoms with E-state index in [0.29, 0.717) is 28.5 Å². The largest absolute Gasteiger partial charge is 0.488 e. The van der Waals surface area contributed by atoms with Crippen LogP contribution < -0.4 is 15.5 Å². The molecule has 0 aliphatic rings. The van der Waals surface area contributed by atoms with E-state index in [1.165, 1.54) is 6.21 Å². The Kier molecular flexibility index (Phi) is 8.20. The van der Waals surface area contributed by atoms with Crippen LogP contribution in [0, 0.1) is 0 Å². The first kappa shape index (κ1) is 22.5. The van der Waals surface area contributed by atoms with E-state index in [4.69, 9.17) is 16.3 Å². The molecule has 2 amide bonds. The van der Waals surface area contributed by atoms with Gasteiger partial charge in [-0.05, 0) is 54.1 Å². The monoisotopic (exact) mass is 499 g/mol. The number of amides is 2. The lowest BCUT2D eigenvalue weighted by molar-refractivity contribution is -0.120. The molecule has 0 aliphatic heterocycles. The average Bonchev–Trinajstić information content (AvgIpc) is 2.78. The van der Waals surface area contributed by atoms with E-state index >= 15 is 0 Å². The van der Waals surface area contributed by atoms with Gasteiger partial charge >= 0.3 is 0 Å². The molecular formula is C23H19BrClN3O3. The van der Waals surface area contributed by atoms with E-state index in [1.54, 1.807) is 24.3 Å². The molecular weight excluding hydrogens is 482 g/mol. The lowest BCUT2D eigenvalue weighted by atomic mass is 10.2. The number of ether oxygens (including phenoxy) is 1. The second-order valence-corrected chi connectivity index (χ2v) is 7.79. The minimum Gasteiger partial charge on any atom is -0.488 e. The zero-order valence-corrected chi connectivity index (χ0v) is 18.7. The van der Waals surface area contributed by atoms with Crippen LogP contribution in [-0.2, 0) is 11.4 Å². The highest BCUT2D eigenvalue weighted by Crippen LogP contribution is 2.18. The molecule has 0 spiro atoms. The number of carbonyl (C=O) groups excluding carboxylic acids is 2. The maximum Gasteiger partial charge on any atom is 0.259 e. The molecule has 0 bridgehead atoms. The van der Waals surface area contributed by atoms with Crippen LogP contribution in [0.4, 0.5) is 0 Å². The second kappa shape index (κ2) is 11.3. The van der Waals surface area contributed by atoms with Gasteiger partial charge < -0.3 is 10.1 Å². The first-order valence-corrected chi connectivity index (χ1v) is 10.5. The standard InChI is InChI=1S/C23H19BrClN3O3/c24-19-9-5-16(6-10-19)15-31-21-4-2-1-3-18(21)13-27-28-22(29)14-26-23(30)17-7-11-20(25)12-8-17/h1-13H,14-15H2,(H,26,30)(H,28,29). The first-order valence-electron chi connectivity index (χ1n) is 9.33. The Morgan fingerprint density at radius 3 is 2.45 bits per heavy atom. The summed E-state index contributed by atoms with van der Waals surface area (Å²) in [5, 5.41) is 7.01. The van der Waals surface area contributed by atoms with Gasteiger partial charge in [0, 0.05) is 20.6 Å². The summed E-state index contributed by atoms with van der Waals surface area (Å²) < 4.78 is 6.87. The number of rotatable bonds is 8. The van der Waals surface area contributed by atoms with E-state index in [2.05, 4.69) is 31.8 Å². The molecule has 6 nitrogen and oxygen atoms in total. The van der Waals surface area contributed by atoms with Crippen molar-refractivity contribution in [1.29, 1.82) is 0 Å². The number of nitrogens with zero attached hydrogens (tertiary/aromatic N) is 1. The predicted octanol–water partition coefficient (Wildman–Crippen LogP) is 4.56. The molecule has 0 unspecified atom stereocenters. The number of hydrazone groups is 1. The molecule has 0 radical (unpaired) electrons. The van der Waals surface area contributed by atoms with Crippen LogP contribution in [0.5, 0.6) is 5.75 Å². The summed E-state index contributed by atoms with van der Waals surface area (Å²) in [6.45, 7) is 0.196. The Labute approximate surface area is 193 Å². The second-order valence-electron chi connectivity index (χ2n) is 6.44. The lowest BCUT2D eigenvalue weighted by Gasteiger charge is -2.09. The molecule has 8 heteroatoms. The fraction of sp³-hybridized carbons (Fsp3) is 0.0870. The fourth-order valence-corrected chi connectivity index (χ4v) is 2.93. The predicted molar refractivity (Wildman–Crippen MR) is 124 cm³/mol. The van der Waals surface area contributed by atoms with Crippen molar-refractivity contribution >= 4 is 45.6 Å². The zero-order chi connectivity index (χ0) is 22.1. The number of halogens is 2. The fourth-order valence-electron chi connectivity index (χ4n) is 2.54. The summed E-state index contributed by atoms with van der Waals surface area (Å²) in [4.78, 5) is 24.0.